The number of hydrogen-bond donors (Lipinski definition) is 6. The van der Waals surface area contributed by atoms with Crippen molar-refractivity contribution in [2.24, 2.45) is 11.5 Å². The fraction of sp³-hybridized carbons (Fsp3) is 1.00. The SMILES string of the molecule is CN(C)C(CCN(NCCN)NCCCN)NCCO. The molecule has 1 atom stereocenters. The smallest absolute Gasteiger partial charge is 0.0606 e. The second-order valence-electron chi connectivity index (χ2n) is 4.84. The van der Waals surface area contributed by atoms with E-state index in [0.29, 0.717) is 19.6 Å². The highest BCUT2D eigenvalue weighted by atomic mass is 16.3. The highest BCUT2D eigenvalue weighted by Crippen LogP contribution is 1.96. The first kappa shape index (κ1) is 19.7. The van der Waals surface area contributed by atoms with Gasteiger partial charge >= 0.3 is 0 Å². The maximum atomic E-state index is 8.89. The Hall–Kier alpha value is -0.320. The third-order valence-corrected chi connectivity index (χ3v) is 2.87. The Morgan fingerprint density at radius 1 is 1.05 bits per heavy atom. The van der Waals surface area contributed by atoms with Crippen molar-refractivity contribution in [3.8, 4) is 0 Å². The Bertz CT molecular complexity index is 206. The first-order valence-corrected chi connectivity index (χ1v) is 7.31. The highest BCUT2D eigenvalue weighted by Gasteiger charge is 2.12. The van der Waals surface area contributed by atoms with Gasteiger partial charge in [-0.05, 0) is 33.5 Å². The molecule has 0 amide bonds. The third-order valence-electron chi connectivity index (χ3n) is 2.87. The van der Waals surface area contributed by atoms with Crippen LogP contribution in [0.25, 0.3) is 0 Å². The van der Waals surface area contributed by atoms with Crippen molar-refractivity contribution in [3.63, 3.8) is 0 Å². The number of aliphatic hydroxyl groups is 1. The van der Waals surface area contributed by atoms with E-state index in [1.54, 1.807) is 0 Å². The van der Waals surface area contributed by atoms with Gasteiger partial charge in [0.1, 0.15) is 0 Å². The molecule has 8 nitrogen and oxygen atoms in total. The van der Waals surface area contributed by atoms with Crippen LogP contribution in [-0.4, -0.2) is 81.3 Å². The van der Waals surface area contributed by atoms with Gasteiger partial charge in [0.05, 0.1) is 12.8 Å². The van der Waals surface area contributed by atoms with Crippen molar-refractivity contribution in [1.29, 1.82) is 0 Å². The van der Waals surface area contributed by atoms with E-state index in [1.807, 2.05) is 19.2 Å². The van der Waals surface area contributed by atoms with Gasteiger partial charge in [-0.15, -0.1) is 0 Å². The Morgan fingerprint density at radius 3 is 2.30 bits per heavy atom. The molecule has 0 aliphatic carbocycles. The van der Waals surface area contributed by atoms with E-state index in [9.17, 15) is 0 Å². The molecule has 0 saturated heterocycles. The third kappa shape index (κ3) is 10.5. The molecule has 8 N–H and O–H groups in total. The van der Waals surface area contributed by atoms with E-state index in [1.165, 1.54) is 0 Å². The van der Waals surface area contributed by atoms with Crippen LogP contribution in [0, 0.1) is 0 Å². The summed E-state index contributed by atoms with van der Waals surface area (Å²) in [7, 11) is 4.04. The lowest BCUT2D eigenvalue weighted by atomic mass is 10.3. The molecule has 0 fully saturated rings. The minimum Gasteiger partial charge on any atom is -0.395 e. The van der Waals surface area contributed by atoms with Crippen LogP contribution in [-0.2, 0) is 0 Å². The minimum atomic E-state index is 0.147. The largest absolute Gasteiger partial charge is 0.395 e. The Labute approximate surface area is 122 Å². The predicted molar refractivity (Wildman–Crippen MR) is 82.6 cm³/mol. The van der Waals surface area contributed by atoms with Crippen LogP contribution in [0.15, 0.2) is 0 Å². The van der Waals surface area contributed by atoms with Gasteiger partial charge in [-0.25, -0.2) is 10.9 Å². The molecule has 0 aromatic heterocycles. The normalized spacial score (nSPS) is 13.3. The molecule has 0 bridgehead atoms. The van der Waals surface area contributed by atoms with E-state index >= 15 is 0 Å². The molecular weight excluding hydrogens is 258 g/mol. The summed E-state index contributed by atoms with van der Waals surface area (Å²) < 4.78 is 0. The van der Waals surface area contributed by atoms with Crippen LogP contribution in [0.1, 0.15) is 12.8 Å². The molecule has 0 saturated carbocycles. The molecule has 8 heteroatoms. The average molecular weight is 291 g/mol. The maximum absolute atomic E-state index is 8.89. The molecular formula is C12H33N7O. The van der Waals surface area contributed by atoms with Gasteiger partial charge in [0.2, 0.25) is 0 Å². The molecule has 20 heavy (non-hydrogen) atoms. The molecule has 0 rings (SSSR count). The number of hydrogen-bond acceptors (Lipinski definition) is 8. The number of nitrogens with two attached hydrogens (primary N) is 2. The zero-order valence-corrected chi connectivity index (χ0v) is 12.9. The fourth-order valence-electron chi connectivity index (χ4n) is 1.75. The van der Waals surface area contributed by atoms with Gasteiger partial charge in [-0.3, -0.25) is 10.2 Å². The fourth-order valence-corrected chi connectivity index (χ4v) is 1.75. The van der Waals surface area contributed by atoms with Gasteiger partial charge in [-0.1, -0.05) is 0 Å². The van der Waals surface area contributed by atoms with Crippen LogP contribution in [0.3, 0.4) is 0 Å². The molecule has 0 radical (unpaired) electrons. The number of nitrogens with one attached hydrogen (secondary N) is 3. The predicted octanol–water partition coefficient (Wildman–Crippen LogP) is -2.54. The van der Waals surface area contributed by atoms with E-state index in [0.717, 1.165) is 32.5 Å². The quantitative estimate of drug-likeness (QED) is 0.118. The van der Waals surface area contributed by atoms with Crippen molar-refractivity contribution in [2.75, 3.05) is 60.0 Å². The molecule has 1 unspecified atom stereocenters. The lowest BCUT2D eigenvalue weighted by molar-refractivity contribution is 0.0932. The lowest BCUT2D eigenvalue weighted by Crippen LogP contribution is -2.53. The zero-order chi connectivity index (χ0) is 15.2. The molecule has 0 aromatic rings. The molecule has 0 aromatic carbocycles. The van der Waals surface area contributed by atoms with Crippen molar-refractivity contribution < 1.29 is 5.11 Å². The van der Waals surface area contributed by atoms with Crippen LogP contribution in [0.5, 0.6) is 0 Å². The van der Waals surface area contributed by atoms with Gasteiger partial charge in [0.25, 0.3) is 0 Å². The maximum Gasteiger partial charge on any atom is 0.0606 e. The number of nitrogens with zero attached hydrogens (tertiary/aromatic N) is 2. The van der Waals surface area contributed by atoms with Gasteiger partial charge < -0.3 is 16.6 Å². The Balaban J connectivity index is 4.09. The lowest BCUT2D eigenvalue weighted by Gasteiger charge is -2.29. The summed E-state index contributed by atoms with van der Waals surface area (Å²) in [5.41, 5.74) is 17.5. The minimum absolute atomic E-state index is 0.147. The molecule has 122 valence electrons. The average Bonchev–Trinajstić information content (AvgIpc) is 2.43. The van der Waals surface area contributed by atoms with Crippen LogP contribution in [0.4, 0.5) is 0 Å². The highest BCUT2D eigenvalue weighted by molar-refractivity contribution is 4.65. The van der Waals surface area contributed by atoms with Crippen molar-refractivity contribution in [3.05, 3.63) is 0 Å². The topological polar surface area (TPSA) is 115 Å². The van der Waals surface area contributed by atoms with Crippen LogP contribution < -0.4 is 27.6 Å². The molecule has 0 aliphatic rings. The Kier molecular flexibility index (Phi) is 13.4. The van der Waals surface area contributed by atoms with Crippen LogP contribution >= 0.6 is 0 Å². The Morgan fingerprint density at radius 2 is 1.75 bits per heavy atom. The first-order chi connectivity index (χ1) is 9.65. The van der Waals surface area contributed by atoms with E-state index in [-0.39, 0.29) is 12.8 Å². The number of hydrazine groups is 2. The number of aliphatic hydroxyl groups excluding tert-OH is 1. The zero-order valence-electron chi connectivity index (χ0n) is 12.9. The van der Waals surface area contributed by atoms with Crippen molar-refractivity contribution in [2.45, 2.75) is 19.0 Å². The van der Waals surface area contributed by atoms with Crippen molar-refractivity contribution >= 4 is 0 Å². The van der Waals surface area contributed by atoms with E-state index in [4.69, 9.17) is 16.6 Å². The second-order valence-corrected chi connectivity index (χ2v) is 4.84. The summed E-state index contributed by atoms with van der Waals surface area (Å²) in [4.78, 5) is 2.11. The van der Waals surface area contributed by atoms with Crippen LogP contribution in [0.2, 0.25) is 0 Å². The first-order valence-electron chi connectivity index (χ1n) is 7.31. The summed E-state index contributed by atoms with van der Waals surface area (Å²) in [5, 5.41) is 14.2. The van der Waals surface area contributed by atoms with Crippen molar-refractivity contribution in [1.82, 2.24) is 26.2 Å². The molecule has 0 heterocycles. The second kappa shape index (κ2) is 13.7. The summed E-state index contributed by atoms with van der Waals surface area (Å²) in [6.45, 7) is 4.40. The molecule has 0 aliphatic heterocycles. The number of rotatable bonds is 14. The van der Waals surface area contributed by atoms with E-state index in [2.05, 4.69) is 21.1 Å². The summed E-state index contributed by atoms with van der Waals surface area (Å²) in [5.74, 6) is 0. The molecule has 0 spiro atoms. The monoisotopic (exact) mass is 291 g/mol. The summed E-state index contributed by atoms with van der Waals surface area (Å²) in [6, 6.07) is 0. The van der Waals surface area contributed by atoms with E-state index < -0.39 is 0 Å². The summed E-state index contributed by atoms with van der Waals surface area (Å²) in [6.07, 6.45) is 2.07. The van der Waals surface area contributed by atoms with Gasteiger partial charge in [-0.2, -0.15) is 5.12 Å². The standard InChI is InChI=1S/C12H33N7O/c1-18(2)12(15-9-11-20)4-10-19(17-8-6-14)16-7-3-5-13/h12,15-17,20H,3-11,13-14H2,1-2H3. The van der Waals surface area contributed by atoms with Gasteiger partial charge in [0, 0.05) is 32.7 Å². The van der Waals surface area contributed by atoms with Gasteiger partial charge in [0.15, 0.2) is 0 Å². The summed E-state index contributed by atoms with van der Waals surface area (Å²) >= 11 is 0.